The molecule has 8 nitrogen and oxygen atoms in total. The summed E-state index contributed by atoms with van der Waals surface area (Å²) in [4.78, 5) is 36.4. The molecule has 0 fully saturated rings. The van der Waals surface area contributed by atoms with Gasteiger partial charge in [-0.05, 0) is 0 Å². The smallest absolute Gasteiger partial charge is 0.414 e. The summed E-state index contributed by atoms with van der Waals surface area (Å²) in [5.41, 5.74) is 0. The average molecular weight is 299 g/mol. The number of hydrogen-bond acceptors (Lipinski definition) is 4. The fraction of sp³-hybridized carbons (Fsp3) is 0. The molecule has 0 rings (SSSR count). The van der Waals surface area contributed by atoms with Crippen molar-refractivity contribution in [2.75, 3.05) is 0 Å². The number of carboxylic acid groups (broad SMARTS) is 4. The van der Waals surface area contributed by atoms with Crippen LogP contribution in [0, 0.1) is 0 Å². The van der Waals surface area contributed by atoms with E-state index < -0.39 is 23.9 Å². The number of carbonyl (C=O) groups is 4. The molecule has 1 radical (unpaired) electrons. The maximum absolute atomic E-state index is 9.10. The topological polar surface area (TPSA) is 149 Å². The van der Waals surface area contributed by atoms with Gasteiger partial charge in [0.05, 0.1) is 0 Å². The Balaban J connectivity index is -0.0000000625. The first-order valence-electron chi connectivity index (χ1n) is 2.21. The molecule has 4 N–H and O–H groups in total. The van der Waals surface area contributed by atoms with E-state index in [1.165, 1.54) is 0 Å². The minimum Gasteiger partial charge on any atom is -0.473 e. The Morgan fingerprint density at radius 2 is 0.643 bits per heavy atom. The van der Waals surface area contributed by atoms with Gasteiger partial charge in [-0.25, -0.2) is 19.2 Å². The van der Waals surface area contributed by atoms with Gasteiger partial charge in [-0.3, -0.25) is 0 Å². The summed E-state index contributed by atoms with van der Waals surface area (Å²) >= 11 is 0. The SMILES string of the molecule is O=C(O)C(=O)O.O=C(O)C(=O)O.[Cu].[Fe]. The molecule has 0 saturated heterocycles. The van der Waals surface area contributed by atoms with Crippen LogP contribution in [-0.2, 0) is 53.3 Å². The van der Waals surface area contributed by atoms with Gasteiger partial charge >= 0.3 is 23.9 Å². The third-order valence-electron chi connectivity index (χ3n) is 0.366. The van der Waals surface area contributed by atoms with Crippen LogP contribution in [0.2, 0.25) is 0 Å². The molecule has 10 heteroatoms. The Kier molecular flexibility index (Phi) is 19.6. The summed E-state index contributed by atoms with van der Waals surface area (Å²) in [6.07, 6.45) is 0. The summed E-state index contributed by atoms with van der Waals surface area (Å²) in [5.74, 6) is -7.30. The molecule has 0 aliphatic heterocycles. The maximum Gasteiger partial charge on any atom is 0.414 e. The van der Waals surface area contributed by atoms with Gasteiger partial charge < -0.3 is 20.4 Å². The number of aliphatic carboxylic acids is 4. The van der Waals surface area contributed by atoms with E-state index in [2.05, 4.69) is 0 Å². The van der Waals surface area contributed by atoms with E-state index in [9.17, 15) is 0 Å². The molecule has 0 bridgehead atoms. The van der Waals surface area contributed by atoms with E-state index >= 15 is 0 Å². The summed E-state index contributed by atoms with van der Waals surface area (Å²) in [7, 11) is 0. The Hall–Kier alpha value is -1.08. The molecule has 14 heavy (non-hydrogen) atoms. The van der Waals surface area contributed by atoms with Gasteiger partial charge in [-0.2, -0.15) is 0 Å². The third kappa shape index (κ3) is 22.4. The van der Waals surface area contributed by atoms with Crippen LogP contribution in [0.4, 0.5) is 0 Å². The molecule has 87 valence electrons. The van der Waals surface area contributed by atoms with Gasteiger partial charge in [0.1, 0.15) is 0 Å². The maximum atomic E-state index is 9.10. The second kappa shape index (κ2) is 11.9. The molecule has 0 aromatic carbocycles. The summed E-state index contributed by atoms with van der Waals surface area (Å²) < 4.78 is 0. The molecule has 0 aromatic heterocycles. The van der Waals surface area contributed by atoms with Crippen molar-refractivity contribution in [3.63, 3.8) is 0 Å². The Morgan fingerprint density at radius 3 is 0.643 bits per heavy atom. The predicted octanol–water partition coefficient (Wildman–Crippen LogP) is -1.69. The van der Waals surface area contributed by atoms with E-state index in [0.29, 0.717) is 0 Å². The van der Waals surface area contributed by atoms with Crippen molar-refractivity contribution in [2.24, 2.45) is 0 Å². The number of carboxylic acids is 4. The minimum atomic E-state index is -1.82. The van der Waals surface area contributed by atoms with Gasteiger partial charge in [0.2, 0.25) is 0 Å². The summed E-state index contributed by atoms with van der Waals surface area (Å²) in [5, 5.41) is 29.6. The largest absolute Gasteiger partial charge is 0.473 e. The van der Waals surface area contributed by atoms with Crippen molar-refractivity contribution < 1.29 is 73.7 Å². The van der Waals surface area contributed by atoms with Gasteiger partial charge in [-0.15, -0.1) is 0 Å². The van der Waals surface area contributed by atoms with Crippen LogP contribution in [0.5, 0.6) is 0 Å². The molecule has 0 aromatic rings. The van der Waals surface area contributed by atoms with Crippen molar-refractivity contribution in [3.05, 3.63) is 0 Å². The standard InChI is InChI=1S/2C2H2O4.Cu.Fe/c2*3-1(4)2(5)6;;/h2*(H,3,4)(H,5,6);;. The second-order valence-electron chi connectivity index (χ2n) is 1.22. The zero-order valence-electron chi connectivity index (χ0n) is 6.08. The van der Waals surface area contributed by atoms with Crippen molar-refractivity contribution in [3.8, 4) is 0 Å². The molecule has 0 atom stereocenters. The third-order valence-corrected chi connectivity index (χ3v) is 0.366. The molecule has 0 aliphatic carbocycles. The first-order chi connectivity index (χ1) is 5.29. The molecule has 0 spiro atoms. The zero-order chi connectivity index (χ0) is 10.3. The van der Waals surface area contributed by atoms with Crippen LogP contribution in [-0.4, -0.2) is 44.3 Å². The fourth-order valence-corrected chi connectivity index (χ4v) is 0. The van der Waals surface area contributed by atoms with Crippen LogP contribution < -0.4 is 0 Å². The van der Waals surface area contributed by atoms with Crippen LogP contribution in [0.15, 0.2) is 0 Å². The van der Waals surface area contributed by atoms with Crippen molar-refractivity contribution in [2.45, 2.75) is 0 Å². The Labute approximate surface area is 97.9 Å². The van der Waals surface area contributed by atoms with Crippen molar-refractivity contribution >= 4 is 23.9 Å². The first-order valence-corrected chi connectivity index (χ1v) is 2.21. The van der Waals surface area contributed by atoms with Crippen LogP contribution >= 0.6 is 0 Å². The van der Waals surface area contributed by atoms with E-state index in [1.54, 1.807) is 0 Å². The fourth-order valence-electron chi connectivity index (χ4n) is 0. The molecule has 0 aliphatic rings. The quantitative estimate of drug-likeness (QED) is 0.305. The van der Waals surface area contributed by atoms with E-state index in [1.807, 2.05) is 0 Å². The molecule has 0 unspecified atom stereocenters. The number of hydrogen-bond donors (Lipinski definition) is 4. The van der Waals surface area contributed by atoms with Gasteiger partial charge in [0, 0.05) is 34.1 Å². The Morgan fingerprint density at radius 1 is 0.571 bits per heavy atom. The average Bonchev–Trinajstić information content (AvgIpc) is 1.88. The summed E-state index contributed by atoms with van der Waals surface area (Å²) in [6.45, 7) is 0. The molecule has 0 amide bonds. The van der Waals surface area contributed by atoms with E-state index in [4.69, 9.17) is 39.6 Å². The van der Waals surface area contributed by atoms with E-state index in [-0.39, 0.29) is 34.1 Å². The van der Waals surface area contributed by atoms with Crippen molar-refractivity contribution in [1.29, 1.82) is 0 Å². The van der Waals surface area contributed by atoms with E-state index in [0.717, 1.165) is 0 Å². The van der Waals surface area contributed by atoms with Crippen LogP contribution in [0.25, 0.3) is 0 Å². The van der Waals surface area contributed by atoms with Crippen LogP contribution in [0.1, 0.15) is 0 Å². The monoisotopic (exact) mass is 299 g/mol. The molecule has 0 saturated carbocycles. The zero-order valence-corrected chi connectivity index (χ0v) is 8.12. The van der Waals surface area contributed by atoms with Gasteiger partial charge in [0.15, 0.2) is 0 Å². The Bertz CT molecular complexity index is 177. The molecular formula is C4H4CuFeO8. The second-order valence-corrected chi connectivity index (χ2v) is 1.22. The van der Waals surface area contributed by atoms with Crippen LogP contribution in [0.3, 0.4) is 0 Å². The van der Waals surface area contributed by atoms with Crippen molar-refractivity contribution in [1.82, 2.24) is 0 Å². The molecule has 0 heterocycles. The van der Waals surface area contributed by atoms with Gasteiger partial charge in [0.25, 0.3) is 0 Å². The normalized spacial score (nSPS) is 6.29. The van der Waals surface area contributed by atoms with Gasteiger partial charge in [-0.1, -0.05) is 0 Å². The number of rotatable bonds is 0. The summed E-state index contributed by atoms with van der Waals surface area (Å²) in [6, 6.07) is 0. The minimum absolute atomic E-state index is 0. The molecular weight excluding hydrogens is 295 g/mol. The predicted molar refractivity (Wildman–Crippen MR) is 30.5 cm³/mol. The first kappa shape index (κ1) is 23.1.